The highest BCUT2D eigenvalue weighted by Crippen LogP contribution is 2.51. The zero-order chi connectivity index (χ0) is 16.6. The topological polar surface area (TPSA) is 54.4 Å². The third-order valence-electron chi connectivity index (χ3n) is 4.75. The van der Waals surface area contributed by atoms with Gasteiger partial charge in [-0.1, -0.05) is 59.8 Å². The van der Waals surface area contributed by atoms with Gasteiger partial charge in [0, 0.05) is 5.41 Å². The summed E-state index contributed by atoms with van der Waals surface area (Å²) in [6.45, 7) is 7.77. The highest BCUT2D eigenvalue weighted by molar-refractivity contribution is 7.87. The maximum Gasteiger partial charge on any atom is 0.300 e. The first-order valence-electron chi connectivity index (χ1n) is 8.40. The first-order valence-corrected chi connectivity index (χ1v) is 9.84. The standard InChI is InChI=1S/C16H33FO3S/c1-5-9-12-15(8-4,13-10-6-2)16(17,14-11-7-3)21(18,19)20/h5-14H2,1-4H3,(H,18,19,20). The lowest BCUT2D eigenvalue weighted by atomic mass is 9.70. The number of rotatable bonds is 12. The molecule has 0 aromatic carbocycles. The fraction of sp³-hybridized carbons (Fsp3) is 1.00. The number of unbranched alkanes of at least 4 members (excludes halogenated alkanes) is 3. The predicted molar refractivity (Wildman–Crippen MR) is 86.7 cm³/mol. The summed E-state index contributed by atoms with van der Waals surface area (Å²) in [6.07, 6.45) is 5.89. The Morgan fingerprint density at radius 3 is 1.52 bits per heavy atom. The normalized spacial score (nSPS) is 15.9. The van der Waals surface area contributed by atoms with Crippen LogP contribution in [0.1, 0.15) is 91.9 Å². The Morgan fingerprint density at radius 2 is 1.24 bits per heavy atom. The van der Waals surface area contributed by atoms with Crippen LogP contribution in [0.5, 0.6) is 0 Å². The van der Waals surface area contributed by atoms with Crippen molar-refractivity contribution in [3.05, 3.63) is 0 Å². The molecule has 0 aromatic heterocycles. The summed E-state index contributed by atoms with van der Waals surface area (Å²) in [5, 5.41) is -2.52. The Balaban J connectivity index is 5.73. The van der Waals surface area contributed by atoms with Gasteiger partial charge in [-0.3, -0.25) is 4.55 Å². The van der Waals surface area contributed by atoms with E-state index < -0.39 is 20.5 Å². The number of hydrogen-bond donors (Lipinski definition) is 1. The molecule has 0 amide bonds. The second-order valence-corrected chi connectivity index (χ2v) is 7.75. The summed E-state index contributed by atoms with van der Waals surface area (Å²) < 4.78 is 49.0. The predicted octanol–water partition coefficient (Wildman–Crippen LogP) is 5.51. The van der Waals surface area contributed by atoms with Crippen LogP contribution in [0.25, 0.3) is 0 Å². The lowest BCUT2D eigenvalue weighted by molar-refractivity contribution is 0.0205. The largest absolute Gasteiger partial charge is 0.300 e. The van der Waals surface area contributed by atoms with Crippen LogP contribution >= 0.6 is 0 Å². The second kappa shape index (κ2) is 9.09. The first-order chi connectivity index (χ1) is 9.74. The van der Waals surface area contributed by atoms with E-state index in [2.05, 4.69) is 0 Å². The lowest BCUT2D eigenvalue weighted by Gasteiger charge is -2.43. The molecule has 1 N–H and O–H groups in total. The molecule has 1 atom stereocenters. The van der Waals surface area contributed by atoms with Crippen molar-refractivity contribution in [3.63, 3.8) is 0 Å². The van der Waals surface area contributed by atoms with Crippen LogP contribution in [-0.2, 0) is 10.1 Å². The van der Waals surface area contributed by atoms with Crippen molar-refractivity contribution in [2.75, 3.05) is 0 Å². The van der Waals surface area contributed by atoms with Gasteiger partial charge in [0.1, 0.15) is 0 Å². The molecule has 0 saturated carbocycles. The summed E-state index contributed by atoms with van der Waals surface area (Å²) in [6, 6.07) is 0. The molecule has 3 nitrogen and oxygen atoms in total. The van der Waals surface area contributed by atoms with Gasteiger partial charge < -0.3 is 0 Å². The number of halogens is 1. The number of alkyl halides is 1. The molecule has 5 heteroatoms. The molecule has 0 aliphatic heterocycles. The van der Waals surface area contributed by atoms with Crippen molar-refractivity contribution in [2.45, 2.75) is 96.9 Å². The van der Waals surface area contributed by atoms with E-state index in [1.807, 2.05) is 27.7 Å². The molecule has 0 aromatic rings. The quantitative estimate of drug-likeness (QED) is 0.482. The van der Waals surface area contributed by atoms with Gasteiger partial charge in [0.05, 0.1) is 0 Å². The van der Waals surface area contributed by atoms with Crippen LogP contribution < -0.4 is 0 Å². The van der Waals surface area contributed by atoms with E-state index in [0.29, 0.717) is 32.1 Å². The molecule has 0 aliphatic carbocycles. The monoisotopic (exact) mass is 324 g/mol. The van der Waals surface area contributed by atoms with E-state index in [9.17, 15) is 13.0 Å². The van der Waals surface area contributed by atoms with E-state index in [1.54, 1.807) is 0 Å². The van der Waals surface area contributed by atoms with E-state index in [0.717, 1.165) is 25.7 Å². The average molecular weight is 325 g/mol. The van der Waals surface area contributed by atoms with Gasteiger partial charge >= 0.3 is 10.1 Å². The minimum Gasteiger partial charge on any atom is -0.283 e. The van der Waals surface area contributed by atoms with Gasteiger partial charge in [0.2, 0.25) is 5.00 Å². The summed E-state index contributed by atoms with van der Waals surface area (Å²) in [7, 11) is -4.73. The van der Waals surface area contributed by atoms with Crippen molar-refractivity contribution in [1.82, 2.24) is 0 Å². The van der Waals surface area contributed by atoms with Gasteiger partial charge in [0.25, 0.3) is 0 Å². The molecule has 0 rings (SSSR count). The molecule has 0 aliphatic rings. The summed E-state index contributed by atoms with van der Waals surface area (Å²) >= 11 is 0. The van der Waals surface area contributed by atoms with Crippen molar-refractivity contribution < 1.29 is 17.4 Å². The lowest BCUT2D eigenvalue weighted by Crippen LogP contribution is -2.50. The van der Waals surface area contributed by atoms with Crippen LogP contribution in [0.3, 0.4) is 0 Å². The van der Waals surface area contributed by atoms with Crippen molar-refractivity contribution in [2.24, 2.45) is 5.41 Å². The van der Waals surface area contributed by atoms with Crippen LogP contribution in [0.15, 0.2) is 0 Å². The fourth-order valence-corrected chi connectivity index (χ4v) is 4.52. The zero-order valence-corrected chi connectivity index (χ0v) is 14.9. The molecule has 0 fully saturated rings. The van der Waals surface area contributed by atoms with Gasteiger partial charge in [-0.15, -0.1) is 0 Å². The maximum atomic E-state index is 15.6. The first kappa shape index (κ1) is 20.8. The molecule has 0 bridgehead atoms. The van der Waals surface area contributed by atoms with E-state index in [1.165, 1.54) is 0 Å². The molecule has 0 heterocycles. The van der Waals surface area contributed by atoms with Crippen molar-refractivity contribution >= 4 is 10.1 Å². The van der Waals surface area contributed by atoms with E-state index in [-0.39, 0.29) is 6.42 Å². The Kier molecular flexibility index (Phi) is 9.02. The maximum absolute atomic E-state index is 15.6. The molecule has 21 heavy (non-hydrogen) atoms. The molecule has 1 unspecified atom stereocenters. The van der Waals surface area contributed by atoms with E-state index >= 15 is 4.39 Å². The molecule has 0 spiro atoms. The van der Waals surface area contributed by atoms with Crippen molar-refractivity contribution in [3.8, 4) is 0 Å². The summed E-state index contributed by atoms with van der Waals surface area (Å²) in [5.74, 6) is 0. The highest BCUT2D eigenvalue weighted by Gasteiger charge is 2.58. The van der Waals surface area contributed by atoms with Gasteiger partial charge in [0.15, 0.2) is 0 Å². The Hall–Kier alpha value is -0.160. The molecular weight excluding hydrogens is 291 g/mol. The molecule has 0 saturated heterocycles. The molecule has 0 radical (unpaired) electrons. The van der Waals surface area contributed by atoms with Crippen LogP contribution in [-0.4, -0.2) is 18.0 Å². The van der Waals surface area contributed by atoms with E-state index in [4.69, 9.17) is 0 Å². The minimum atomic E-state index is -4.73. The summed E-state index contributed by atoms with van der Waals surface area (Å²) in [4.78, 5) is 0. The minimum absolute atomic E-state index is 0.108. The average Bonchev–Trinajstić information content (AvgIpc) is 2.44. The third-order valence-corrected chi connectivity index (χ3v) is 6.20. The third kappa shape index (κ3) is 4.92. The summed E-state index contributed by atoms with van der Waals surface area (Å²) in [5.41, 5.74) is -0.970. The smallest absolute Gasteiger partial charge is 0.283 e. The highest BCUT2D eigenvalue weighted by atomic mass is 32.2. The Bertz CT molecular complexity index is 373. The zero-order valence-electron chi connectivity index (χ0n) is 14.1. The van der Waals surface area contributed by atoms with Crippen LogP contribution in [0, 0.1) is 5.41 Å². The van der Waals surface area contributed by atoms with Crippen molar-refractivity contribution in [1.29, 1.82) is 0 Å². The fourth-order valence-electron chi connectivity index (χ4n) is 3.22. The van der Waals surface area contributed by atoms with Gasteiger partial charge in [-0.25, -0.2) is 4.39 Å². The Morgan fingerprint density at radius 1 is 0.857 bits per heavy atom. The Labute approximate surface area is 130 Å². The number of hydrogen-bond acceptors (Lipinski definition) is 2. The SMILES string of the molecule is CCCCC(CC)(CCCC)C(F)(CCCC)S(=O)(=O)O. The molecule has 128 valence electrons. The van der Waals surface area contributed by atoms with Gasteiger partial charge in [-0.05, 0) is 32.1 Å². The van der Waals surface area contributed by atoms with Crippen LogP contribution in [0.4, 0.5) is 4.39 Å². The van der Waals surface area contributed by atoms with Crippen LogP contribution in [0.2, 0.25) is 0 Å². The molecular formula is C16H33FO3S. The van der Waals surface area contributed by atoms with Gasteiger partial charge in [-0.2, -0.15) is 8.42 Å². The second-order valence-electron chi connectivity index (χ2n) is 6.15.